The van der Waals surface area contributed by atoms with Crippen molar-refractivity contribution >= 4 is 17.7 Å². The van der Waals surface area contributed by atoms with Gasteiger partial charge in [0.1, 0.15) is 11.2 Å². The molecule has 2 heterocycles. The summed E-state index contributed by atoms with van der Waals surface area (Å²) < 4.78 is 12.0. The van der Waals surface area contributed by atoms with Crippen molar-refractivity contribution in [3.05, 3.63) is 41.2 Å². The fourth-order valence-electron chi connectivity index (χ4n) is 3.77. The maximum absolute atomic E-state index is 13.0. The van der Waals surface area contributed by atoms with Crippen LogP contribution in [0.5, 0.6) is 11.5 Å². The molecule has 0 aliphatic carbocycles. The molecule has 184 valence electrons. The van der Waals surface area contributed by atoms with E-state index < -0.39 is 11.4 Å². The highest BCUT2D eigenvalue weighted by molar-refractivity contribution is 6.01. The molecule has 10 heteroatoms. The van der Waals surface area contributed by atoms with Gasteiger partial charge in [-0.25, -0.2) is 0 Å². The Morgan fingerprint density at radius 2 is 1.85 bits per heavy atom. The topological polar surface area (TPSA) is 115 Å². The molecule has 0 fully saturated rings. The predicted molar refractivity (Wildman–Crippen MR) is 126 cm³/mol. The van der Waals surface area contributed by atoms with E-state index in [1.807, 2.05) is 6.07 Å². The summed E-state index contributed by atoms with van der Waals surface area (Å²) in [5, 5.41) is 10.1. The number of fused-ring (bicyclic) bond motifs is 1. The second kappa shape index (κ2) is 10.1. The molecule has 2 N–H and O–H groups in total. The molecule has 1 aromatic carbocycles. The van der Waals surface area contributed by atoms with E-state index in [2.05, 4.69) is 29.6 Å². The second-order valence-corrected chi connectivity index (χ2v) is 9.02. The van der Waals surface area contributed by atoms with Crippen molar-refractivity contribution in [2.75, 3.05) is 27.8 Å². The number of ether oxygens (including phenoxy) is 2. The van der Waals surface area contributed by atoms with Crippen LogP contribution in [-0.4, -0.2) is 65.8 Å². The van der Waals surface area contributed by atoms with Crippen molar-refractivity contribution in [2.24, 2.45) is 5.92 Å². The molecule has 1 atom stereocenters. The summed E-state index contributed by atoms with van der Waals surface area (Å²) in [6.45, 7) is 6.79. The number of methoxy groups -OCH3 is 2. The molecule has 0 spiro atoms. The molecule has 0 radical (unpaired) electrons. The Balaban J connectivity index is 1.72. The predicted octanol–water partition coefficient (Wildman–Crippen LogP) is 1.84. The number of rotatable bonds is 9. The maximum atomic E-state index is 13.0. The van der Waals surface area contributed by atoms with Gasteiger partial charge in [0, 0.05) is 26.2 Å². The van der Waals surface area contributed by atoms with Gasteiger partial charge in [-0.15, -0.1) is 0 Å². The van der Waals surface area contributed by atoms with Crippen LogP contribution in [0.15, 0.2) is 24.3 Å². The van der Waals surface area contributed by atoms with E-state index in [1.165, 1.54) is 15.6 Å². The number of amides is 3. The van der Waals surface area contributed by atoms with Crippen LogP contribution < -0.4 is 20.1 Å². The van der Waals surface area contributed by atoms with Crippen LogP contribution in [0.3, 0.4) is 0 Å². The first-order chi connectivity index (χ1) is 16.1. The molecule has 0 saturated heterocycles. The summed E-state index contributed by atoms with van der Waals surface area (Å²) in [5.74, 6) is 0.584. The molecule has 0 bridgehead atoms. The number of nitrogens with one attached hydrogen (secondary N) is 2. The van der Waals surface area contributed by atoms with E-state index >= 15 is 0 Å². The van der Waals surface area contributed by atoms with E-state index in [9.17, 15) is 14.4 Å². The number of nitrogens with zero attached hydrogens (tertiary/aromatic N) is 3. The van der Waals surface area contributed by atoms with Gasteiger partial charge in [0.2, 0.25) is 5.91 Å². The Bertz CT molecular complexity index is 1080. The summed E-state index contributed by atoms with van der Waals surface area (Å²) in [6.07, 6.45) is 0.844. The Hall–Kier alpha value is -3.56. The quantitative estimate of drug-likeness (QED) is 0.577. The van der Waals surface area contributed by atoms with Gasteiger partial charge >= 0.3 is 0 Å². The van der Waals surface area contributed by atoms with Crippen molar-refractivity contribution < 1.29 is 23.9 Å². The van der Waals surface area contributed by atoms with Crippen molar-refractivity contribution in [3.63, 3.8) is 0 Å². The highest BCUT2D eigenvalue weighted by atomic mass is 16.5. The molecular weight excluding hydrogens is 438 g/mol. The fourth-order valence-corrected chi connectivity index (χ4v) is 3.77. The largest absolute Gasteiger partial charge is 0.493 e. The van der Waals surface area contributed by atoms with Crippen LogP contribution >= 0.6 is 0 Å². The van der Waals surface area contributed by atoms with Gasteiger partial charge in [0.15, 0.2) is 17.2 Å². The third-order valence-corrected chi connectivity index (χ3v) is 6.13. The van der Waals surface area contributed by atoms with Gasteiger partial charge in [0.25, 0.3) is 11.8 Å². The second-order valence-electron chi connectivity index (χ2n) is 9.02. The van der Waals surface area contributed by atoms with E-state index in [-0.39, 0.29) is 36.3 Å². The first kappa shape index (κ1) is 25.1. The molecule has 1 aliphatic rings. The first-order valence-corrected chi connectivity index (χ1v) is 11.2. The number of hydrogen-bond acceptors (Lipinski definition) is 6. The minimum Gasteiger partial charge on any atom is -0.493 e. The zero-order chi connectivity index (χ0) is 25.0. The third kappa shape index (κ3) is 5.00. The zero-order valence-corrected chi connectivity index (χ0v) is 20.6. The molecule has 3 rings (SSSR count). The lowest BCUT2D eigenvalue weighted by atomic mass is 9.95. The average molecular weight is 472 g/mol. The Morgan fingerprint density at radius 3 is 2.50 bits per heavy atom. The van der Waals surface area contributed by atoms with Crippen molar-refractivity contribution in [1.82, 2.24) is 25.3 Å². The number of hydrogen-bond donors (Lipinski definition) is 2. The van der Waals surface area contributed by atoms with Gasteiger partial charge in [-0.2, -0.15) is 5.10 Å². The van der Waals surface area contributed by atoms with E-state index in [0.717, 1.165) is 12.0 Å². The zero-order valence-electron chi connectivity index (χ0n) is 20.6. The van der Waals surface area contributed by atoms with Crippen LogP contribution in [0.25, 0.3) is 0 Å². The molecule has 0 saturated carbocycles. The van der Waals surface area contributed by atoms with Gasteiger partial charge in [-0.1, -0.05) is 19.9 Å². The Kier molecular flexibility index (Phi) is 7.48. The number of likely N-dealkylation sites (N-methyl/N-ethyl adjacent to an activating group) is 1. The van der Waals surface area contributed by atoms with Crippen LogP contribution in [0.2, 0.25) is 0 Å². The molecule has 2 aromatic rings. The van der Waals surface area contributed by atoms with E-state index in [1.54, 1.807) is 40.3 Å². The third-order valence-electron chi connectivity index (χ3n) is 6.13. The smallest absolute Gasteiger partial charge is 0.272 e. The van der Waals surface area contributed by atoms with Crippen molar-refractivity contribution in [2.45, 2.75) is 45.8 Å². The van der Waals surface area contributed by atoms with Crippen LogP contribution in [0, 0.1) is 5.92 Å². The minimum atomic E-state index is -1.11. The Labute approximate surface area is 199 Å². The summed E-state index contributed by atoms with van der Waals surface area (Å²) in [6, 6.07) is 6.82. The monoisotopic (exact) mass is 471 g/mol. The standard InChI is InChI=1S/C24H33N5O5/c1-15(2)9-10-25-23(32)24(3)14-29-18(22(31)28(24)4)12-17(27-29)21(30)26-13-16-7-8-19(33-5)20(11-16)34-6/h7-8,11-12,15H,9-10,13-14H2,1-6H3,(H,25,32)(H,26,30). The molecular formula is C24H33N5O5. The molecule has 10 nitrogen and oxygen atoms in total. The van der Waals surface area contributed by atoms with Gasteiger partial charge in [0.05, 0.1) is 20.8 Å². The van der Waals surface area contributed by atoms with Crippen LogP contribution in [0.1, 0.15) is 53.7 Å². The first-order valence-electron chi connectivity index (χ1n) is 11.2. The lowest BCUT2D eigenvalue weighted by Gasteiger charge is -2.40. The summed E-state index contributed by atoms with van der Waals surface area (Å²) in [5.41, 5.74) is 0.0878. The normalized spacial score (nSPS) is 17.4. The molecule has 1 aromatic heterocycles. The fraction of sp³-hybridized carbons (Fsp3) is 0.500. The van der Waals surface area contributed by atoms with Gasteiger partial charge < -0.3 is 25.0 Å². The number of carbonyl (C=O) groups is 3. The number of aromatic nitrogens is 2. The average Bonchev–Trinajstić information content (AvgIpc) is 3.24. The SMILES string of the molecule is COc1ccc(CNC(=O)c2cc3n(n2)CC(C)(C(=O)NCCC(C)C)N(C)C3=O)cc1OC. The lowest BCUT2D eigenvalue weighted by molar-refractivity contribution is -0.132. The van der Waals surface area contributed by atoms with Gasteiger partial charge in [-0.3, -0.25) is 19.1 Å². The number of carbonyl (C=O) groups excluding carboxylic acids is 3. The highest BCUT2D eigenvalue weighted by Crippen LogP contribution is 2.28. The summed E-state index contributed by atoms with van der Waals surface area (Å²) >= 11 is 0. The summed E-state index contributed by atoms with van der Waals surface area (Å²) in [7, 11) is 4.69. The molecule has 3 amide bonds. The number of benzene rings is 1. The van der Waals surface area contributed by atoms with Crippen LogP contribution in [-0.2, 0) is 17.9 Å². The molecule has 34 heavy (non-hydrogen) atoms. The molecule has 1 aliphatic heterocycles. The Morgan fingerprint density at radius 1 is 1.15 bits per heavy atom. The van der Waals surface area contributed by atoms with Crippen LogP contribution in [0.4, 0.5) is 0 Å². The minimum absolute atomic E-state index is 0.113. The van der Waals surface area contributed by atoms with Crippen molar-refractivity contribution in [1.29, 1.82) is 0 Å². The lowest BCUT2D eigenvalue weighted by Crippen LogP contribution is -2.62. The van der Waals surface area contributed by atoms with Crippen molar-refractivity contribution in [3.8, 4) is 11.5 Å². The summed E-state index contributed by atoms with van der Waals surface area (Å²) in [4.78, 5) is 40.1. The molecule has 1 unspecified atom stereocenters. The maximum Gasteiger partial charge on any atom is 0.272 e. The van der Waals surface area contributed by atoms with Gasteiger partial charge in [-0.05, 0) is 37.0 Å². The highest BCUT2D eigenvalue weighted by Gasteiger charge is 2.46. The van der Waals surface area contributed by atoms with E-state index in [4.69, 9.17) is 9.47 Å². The van der Waals surface area contributed by atoms with E-state index in [0.29, 0.717) is 24.0 Å².